The monoisotopic (exact) mass is 141 g/mol. The van der Waals surface area contributed by atoms with Crippen LogP contribution in [0, 0.1) is 17.8 Å². The number of rotatable bonds is 2. The van der Waals surface area contributed by atoms with Gasteiger partial charge in [0.15, 0.2) is 0 Å². The van der Waals surface area contributed by atoms with Crippen molar-refractivity contribution in [1.82, 2.24) is 0 Å². The summed E-state index contributed by atoms with van der Waals surface area (Å²) >= 11 is 0. The van der Waals surface area contributed by atoms with Gasteiger partial charge >= 0.3 is 5.97 Å². The van der Waals surface area contributed by atoms with Crippen LogP contribution in [0.4, 0.5) is 0 Å². The van der Waals surface area contributed by atoms with E-state index in [1.807, 2.05) is 0 Å². The molecule has 3 heteroatoms. The van der Waals surface area contributed by atoms with Crippen molar-refractivity contribution in [2.75, 3.05) is 0 Å². The summed E-state index contributed by atoms with van der Waals surface area (Å²) in [5, 5.41) is 8.43. The Labute approximate surface area is 60.2 Å². The van der Waals surface area contributed by atoms with Crippen molar-refractivity contribution in [2.24, 2.45) is 11.1 Å². The molecule has 0 spiro atoms. The van der Waals surface area contributed by atoms with Crippen LogP contribution in [-0.2, 0) is 4.79 Å². The van der Waals surface area contributed by atoms with Crippen molar-refractivity contribution in [3.05, 3.63) is 0 Å². The van der Waals surface area contributed by atoms with Crippen molar-refractivity contribution in [3.63, 3.8) is 0 Å². The number of carboxylic acids is 1. The van der Waals surface area contributed by atoms with Crippen molar-refractivity contribution in [3.8, 4) is 12.3 Å². The molecular weight excluding hydrogens is 130 g/mol. The van der Waals surface area contributed by atoms with Gasteiger partial charge in [-0.3, -0.25) is 4.79 Å². The zero-order valence-corrected chi connectivity index (χ0v) is 6.09. The third kappa shape index (κ3) is 1.74. The number of aliphatic carboxylic acids is 1. The van der Waals surface area contributed by atoms with Gasteiger partial charge in [-0.05, 0) is 13.8 Å². The maximum absolute atomic E-state index is 10.3. The van der Waals surface area contributed by atoms with E-state index in [1.165, 1.54) is 0 Å². The molecule has 10 heavy (non-hydrogen) atoms. The molecule has 0 amide bonds. The molecule has 0 aliphatic heterocycles. The Morgan fingerprint density at radius 2 is 2.20 bits per heavy atom. The standard InChI is InChI=1S/C7H11NO2/c1-4-7(2,3)5(8)6(9)10/h1,5H,8H2,2-3H3,(H,9,10)/t5-/m1/s1. The second kappa shape index (κ2) is 2.72. The van der Waals surface area contributed by atoms with E-state index in [9.17, 15) is 4.79 Å². The minimum Gasteiger partial charge on any atom is -0.480 e. The number of hydrogen-bond acceptors (Lipinski definition) is 2. The van der Waals surface area contributed by atoms with Gasteiger partial charge in [-0.2, -0.15) is 0 Å². The van der Waals surface area contributed by atoms with Gasteiger partial charge in [0.1, 0.15) is 6.04 Å². The lowest BCUT2D eigenvalue weighted by atomic mass is 9.86. The number of hydrogen-bond donors (Lipinski definition) is 2. The Balaban J connectivity index is 4.37. The lowest BCUT2D eigenvalue weighted by Gasteiger charge is -2.21. The Morgan fingerprint density at radius 3 is 2.30 bits per heavy atom. The quantitative estimate of drug-likeness (QED) is 0.534. The number of nitrogens with two attached hydrogens (primary N) is 1. The molecule has 0 aromatic heterocycles. The predicted molar refractivity (Wildman–Crippen MR) is 38.2 cm³/mol. The molecule has 0 bridgehead atoms. The molecule has 0 aromatic rings. The van der Waals surface area contributed by atoms with Crippen LogP contribution in [-0.4, -0.2) is 17.1 Å². The van der Waals surface area contributed by atoms with Gasteiger partial charge in [0.05, 0.1) is 5.41 Å². The first-order valence-electron chi connectivity index (χ1n) is 2.88. The van der Waals surface area contributed by atoms with Crippen LogP contribution in [0.1, 0.15) is 13.8 Å². The van der Waals surface area contributed by atoms with Crippen LogP contribution in [0.25, 0.3) is 0 Å². The molecule has 3 nitrogen and oxygen atoms in total. The summed E-state index contributed by atoms with van der Waals surface area (Å²) in [6, 6.07) is -0.988. The van der Waals surface area contributed by atoms with E-state index in [-0.39, 0.29) is 0 Å². The minimum absolute atomic E-state index is 0.772. The lowest BCUT2D eigenvalue weighted by molar-refractivity contribution is -0.140. The molecule has 0 aliphatic rings. The van der Waals surface area contributed by atoms with Crippen LogP contribution in [0.5, 0.6) is 0 Å². The van der Waals surface area contributed by atoms with Crippen molar-refractivity contribution in [1.29, 1.82) is 0 Å². The molecule has 0 fully saturated rings. The Morgan fingerprint density at radius 1 is 1.80 bits per heavy atom. The van der Waals surface area contributed by atoms with Gasteiger partial charge in [0.25, 0.3) is 0 Å². The number of carbonyl (C=O) groups is 1. The number of carboxylic acid groups (broad SMARTS) is 1. The van der Waals surface area contributed by atoms with Gasteiger partial charge in [0.2, 0.25) is 0 Å². The zero-order valence-electron chi connectivity index (χ0n) is 6.09. The predicted octanol–water partition coefficient (Wildman–Crippen LogP) is 0.0577. The van der Waals surface area contributed by atoms with Gasteiger partial charge in [-0.15, -0.1) is 6.42 Å². The van der Waals surface area contributed by atoms with Crippen LogP contribution in [0.2, 0.25) is 0 Å². The van der Waals surface area contributed by atoms with E-state index in [2.05, 4.69) is 5.92 Å². The van der Waals surface area contributed by atoms with Crippen molar-refractivity contribution in [2.45, 2.75) is 19.9 Å². The van der Waals surface area contributed by atoms with Crippen LogP contribution >= 0.6 is 0 Å². The minimum atomic E-state index is -1.07. The first-order valence-corrected chi connectivity index (χ1v) is 2.88. The Bertz CT molecular complexity index is 179. The summed E-state index contributed by atoms with van der Waals surface area (Å²) in [7, 11) is 0. The summed E-state index contributed by atoms with van der Waals surface area (Å²) in [4.78, 5) is 10.3. The Kier molecular flexibility index (Phi) is 2.44. The topological polar surface area (TPSA) is 63.3 Å². The lowest BCUT2D eigenvalue weighted by Crippen LogP contribution is -2.42. The summed E-state index contributed by atoms with van der Waals surface area (Å²) in [6.45, 7) is 3.23. The normalized spacial score (nSPS) is 13.8. The fourth-order valence-electron chi connectivity index (χ4n) is 0.398. The fraction of sp³-hybridized carbons (Fsp3) is 0.571. The second-order valence-electron chi connectivity index (χ2n) is 2.68. The fourth-order valence-corrected chi connectivity index (χ4v) is 0.398. The molecule has 0 unspecified atom stereocenters. The van der Waals surface area contributed by atoms with E-state index in [0.717, 1.165) is 0 Å². The van der Waals surface area contributed by atoms with Crippen LogP contribution in [0.15, 0.2) is 0 Å². The molecule has 1 atom stereocenters. The summed E-state index contributed by atoms with van der Waals surface area (Å²) < 4.78 is 0. The number of terminal acetylenes is 1. The first-order chi connectivity index (χ1) is 4.41. The second-order valence-corrected chi connectivity index (χ2v) is 2.68. The van der Waals surface area contributed by atoms with E-state index in [0.29, 0.717) is 0 Å². The molecule has 0 radical (unpaired) electrons. The van der Waals surface area contributed by atoms with E-state index < -0.39 is 17.4 Å². The average molecular weight is 141 g/mol. The largest absolute Gasteiger partial charge is 0.480 e. The molecule has 0 heterocycles. The van der Waals surface area contributed by atoms with E-state index in [4.69, 9.17) is 17.3 Å². The average Bonchev–Trinajstić information content (AvgIpc) is 1.86. The Hall–Kier alpha value is -1.01. The highest BCUT2D eigenvalue weighted by molar-refractivity contribution is 5.74. The SMILES string of the molecule is C#CC(C)(C)[C@H](N)C(=O)O. The van der Waals surface area contributed by atoms with Gasteiger partial charge in [-0.25, -0.2) is 0 Å². The van der Waals surface area contributed by atoms with E-state index in [1.54, 1.807) is 13.8 Å². The smallest absolute Gasteiger partial charge is 0.322 e. The molecule has 0 saturated carbocycles. The third-order valence-electron chi connectivity index (χ3n) is 1.42. The first kappa shape index (κ1) is 8.99. The molecule has 3 N–H and O–H groups in total. The maximum atomic E-state index is 10.3. The summed E-state index contributed by atoms with van der Waals surface area (Å²) in [5.74, 6) is 1.25. The maximum Gasteiger partial charge on any atom is 0.322 e. The summed E-state index contributed by atoms with van der Waals surface area (Å²) in [5.41, 5.74) is 4.49. The van der Waals surface area contributed by atoms with Gasteiger partial charge in [0, 0.05) is 0 Å². The van der Waals surface area contributed by atoms with Crippen molar-refractivity contribution >= 4 is 5.97 Å². The molecule has 0 aromatic carbocycles. The third-order valence-corrected chi connectivity index (χ3v) is 1.42. The highest BCUT2D eigenvalue weighted by Gasteiger charge is 2.29. The highest BCUT2D eigenvalue weighted by atomic mass is 16.4. The molecule has 0 rings (SSSR count). The highest BCUT2D eigenvalue weighted by Crippen LogP contribution is 2.16. The zero-order chi connectivity index (χ0) is 8.36. The molecular formula is C7H11NO2. The van der Waals surface area contributed by atoms with Gasteiger partial charge in [-0.1, -0.05) is 5.92 Å². The molecule has 0 saturated heterocycles. The van der Waals surface area contributed by atoms with Crippen LogP contribution < -0.4 is 5.73 Å². The van der Waals surface area contributed by atoms with Crippen molar-refractivity contribution < 1.29 is 9.90 Å². The van der Waals surface area contributed by atoms with Gasteiger partial charge < -0.3 is 10.8 Å². The summed E-state index contributed by atoms with van der Waals surface area (Å²) in [6.07, 6.45) is 5.05. The van der Waals surface area contributed by atoms with Crippen LogP contribution in [0.3, 0.4) is 0 Å². The van der Waals surface area contributed by atoms with E-state index >= 15 is 0 Å². The molecule has 56 valence electrons. The molecule has 0 aliphatic carbocycles.